The Labute approximate surface area is 96.7 Å². The maximum Gasteiger partial charge on any atom is 0.347 e. The van der Waals surface area contributed by atoms with Gasteiger partial charge in [0.2, 0.25) is 0 Å². The molecule has 4 heteroatoms. The number of hydrogen-bond acceptors (Lipinski definition) is 3. The molecule has 0 fully saturated rings. The SMILES string of the molecule is CCC(C)NCCn1c(C)cc(C)nc1=O. The zero-order valence-corrected chi connectivity index (χ0v) is 10.6. The Morgan fingerprint density at radius 1 is 1.50 bits per heavy atom. The van der Waals surface area contributed by atoms with Crippen LogP contribution < -0.4 is 11.0 Å². The van der Waals surface area contributed by atoms with E-state index < -0.39 is 0 Å². The van der Waals surface area contributed by atoms with Gasteiger partial charge in [-0.2, -0.15) is 4.98 Å². The van der Waals surface area contributed by atoms with E-state index in [9.17, 15) is 4.79 Å². The highest BCUT2D eigenvalue weighted by Crippen LogP contribution is 1.96. The zero-order chi connectivity index (χ0) is 12.1. The van der Waals surface area contributed by atoms with Crippen molar-refractivity contribution in [3.05, 3.63) is 27.9 Å². The van der Waals surface area contributed by atoms with Crippen molar-refractivity contribution in [2.75, 3.05) is 6.54 Å². The average Bonchev–Trinajstić information content (AvgIpc) is 2.21. The molecule has 0 aromatic carbocycles. The molecule has 16 heavy (non-hydrogen) atoms. The minimum absolute atomic E-state index is 0.150. The number of nitrogens with zero attached hydrogens (tertiary/aromatic N) is 2. The van der Waals surface area contributed by atoms with Crippen LogP contribution >= 0.6 is 0 Å². The van der Waals surface area contributed by atoms with Crippen LogP contribution in [0.5, 0.6) is 0 Å². The normalized spacial score (nSPS) is 12.8. The predicted octanol–water partition coefficient (Wildman–Crippen LogP) is 1.25. The molecule has 1 unspecified atom stereocenters. The summed E-state index contributed by atoms with van der Waals surface area (Å²) in [4.78, 5) is 15.6. The summed E-state index contributed by atoms with van der Waals surface area (Å²) in [7, 11) is 0. The highest BCUT2D eigenvalue weighted by atomic mass is 16.1. The minimum atomic E-state index is -0.150. The first-order valence-electron chi connectivity index (χ1n) is 5.83. The van der Waals surface area contributed by atoms with E-state index in [0.717, 1.165) is 24.4 Å². The van der Waals surface area contributed by atoms with Crippen molar-refractivity contribution >= 4 is 0 Å². The van der Waals surface area contributed by atoms with E-state index in [1.807, 2.05) is 19.9 Å². The van der Waals surface area contributed by atoms with Gasteiger partial charge in [0, 0.05) is 30.5 Å². The minimum Gasteiger partial charge on any atom is -0.312 e. The van der Waals surface area contributed by atoms with Crippen LogP contribution in [0.15, 0.2) is 10.9 Å². The monoisotopic (exact) mass is 223 g/mol. The third-order valence-corrected chi connectivity index (χ3v) is 2.79. The first kappa shape index (κ1) is 12.9. The van der Waals surface area contributed by atoms with Crippen molar-refractivity contribution in [2.24, 2.45) is 0 Å². The van der Waals surface area contributed by atoms with E-state index in [4.69, 9.17) is 0 Å². The van der Waals surface area contributed by atoms with Gasteiger partial charge in [0.05, 0.1) is 0 Å². The van der Waals surface area contributed by atoms with Crippen LogP contribution in [0.4, 0.5) is 0 Å². The van der Waals surface area contributed by atoms with Crippen LogP contribution in [0.25, 0.3) is 0 Å². The fourth-order valence-corrected chi connectivity index (χ4v) is 1.61. The van der Waals surface area contributed by atoms with Crippen molar-refractivity contribution in [2.45, 2.75) is 46.7 Å². The number of hydrogen-bond donors (Lipinski definition) is 1. The predicted molar refractivity (Wildman–Crippen MR) is 65.7 cm³/mol. The zero-order valence-electron chi connectivity index (χ0n) is 10.6. The van der Waals surface area contributed by atoms with E-state index in [0.29, 0.717) is 12.6 Å². The average molecular weight is 223 g/mol. The largest absolute Gasteiger partial charge is 0.347 e. The van der Waals surface area contributed by atoms with Crippen molar-refractivity contribution < 1.29 is 0 Å². The quantitative estimate of drug-likeness (QED) is 0.817. The summed E-state index contributed by atoms with van der Waals surface area (Å²) in [5.41, 5.74) is 1.61. The number of nitrogens with one attached hydrogen (secondary N) is 1. The molecule has 4 nitrogen and oxygen atoms in total. The van der Waals surface area contributed by atoms with Crippen LogP contribution in [0.2, 0.25) is 0 Å². The van der Waals surface area contributed by atoms with E-state index in [-0.39, 0.29) is 5.69 Å². The molecular weight excluding hydrogens is 202 g/mol. The summed E-state index contributed by atoms with van der Waals surface area (Å²) in [5, 5.41) is 3.36. The lowest BCUT2D eigenvalue weighted by atomic mass is 10.2. The molecule has 0 saturated heterocycles. The second-order valence-electron chi connectivity index (χ2n) is 4.24. The third kappa shape index (κ3) is 3.45. The topological polar surface area (TPSA) is 46.9 Å². The van der Waals surface area contributed by atoms with Gasteiger partial charge < -0.3 is 5.32 Å². The summed E-state index contributed by atoms with van der Waals surface area (Å²) in [5.74, 6) is 0. The van der Waals surface area contributed by atoms with Crippen molar-refractivity contribution in [3.63, 3.8) is 0 Å². The summed E-state index contributed by atoms with van der Waals surface area (Å²) in [6.07, 6.45) is 1.10. The Morgan fingerprint density at radius 3 is 2.75 bits per heavy atom. The Bertz CT molecular complexity index is 398. The Balaban J connectivity index is 2.64. The maximum atomic E-state index is 11.6. The van der Waals surface area contributed by atoms with Gasteiger partial charge in [-0.05, 0) is 33.3 Å². The van der Waals surface area contributed by atoms with Gasteiger partial charge in [-0.25, -0.2) is 4.79 Å². The van der Waals surface area contributed by atoms with Crippen molar-refractivity contribution in [1.82, 2.24) is 14.9 Å². The molecule has 0 aliphatic rings. The molecule has 1 aromatic heterocycles. The Kier molecular flexibility index (Phi) is 4.68. The van der Waals surface area contributed by atoms with Gasteiger partial charge in [0.1, 0.15) is 0 Å². The molecule has 90 valence electrons. The van der Waals surface area contributed by atoms with Crippen LogP contribution in [0, 0.1) is 13.8 Å². The lowest BCUT2D eigenvalue weighted by molar-refractivity contribution is 0.492. The van der Waals surface area contributed by atoms with Crippen LogP contribution in [0.1, 0.15) is 31.7 Å². The van der Waals surface area contributed by atoms with E-state index in [2.05, 4.69) is 24.1 Å². The fourth-order valence-electron chi connectivity index (χ4n) is 1.61. The summed E-state index contributed by atoms with van der Waals surface area (Å²) < 4.78 is 1.71. The van der Waals surface area contributed by atoms with Gasteiger partial charge in [-0.1, -0.05) is 6.92 Å². The van der Waals surface area contributed by atoms with Crippen LogP contribution in [-0.4, -0.2) is 22.1 Å². The number of aryl methyl sites for hydroxylation is 2. The van der Waals surface area contributed by atoms with Crippen molar-refractivity contribution in [1.29, 1.82) is 0 Å². The first-order valence-corrected chi connectivity index (χ1v) is 5.83. The lowest BCUT2D eigenvalue weighted by Crippen LogP contribution is -2.33. The van der Waals surface area contributed by atoms with E-state index in [1.165, 1.54) is 0 Å². The molecule has 1 rings (SSSR count). The molecule has 1 N–H and O–H groups in total. The van der Waals surface area contributed by atoms with Gasteiger partial charge in [-0.15, -0.1) is 0 Å². The lowest BCUT2D eigenvalue weighted by Gasteiger charge is -2.13. The van der Waals surface area contributed by atoms with Gasteiger partial charge in [0.25, 0.3) is 0 Å². The molecule has 0 bridgehead atoms. The second-order valence-corrected chi connectivity index (χ2v) is 4.24. The molecule has 0 aliphatic carbocycles. The third-order valence-electron chi connectivity index (χ3n) is 2.79. The first-order chi connectivity index (χ1) is 7.54. The highest BCUT2D eigenvalue weighted by molar-refractivity contribution is 5.06. The van der Waals surface area contributed by atoms with Gasteiger partial charge in [0.15, 0.2) is 0 Å². The molecule has 1 atom stereocenters. The van der Waals surface area contributed by atoms with Gasteiger partial charge in [-0.3, -0.25) is 4.57 Å². The van der Waals surface area contributed by atoms with Gasteiger partial charge >= 0.3 is 5.69 Å². The second kappa shape index (κ2) is 5.80. The smallest absolute Gasteiger partial charge is 0.312 e. The van der Waals surface area contributed by atoms with E-state index in [1.54, 1.807) is 4.57 Å². The number of aromatic nitrogens is 2. The Morgan fingerprint density at radius 2 is 2.19 bits per heavy atom. The standard InChI is InChI=1S/C12H21N3O/c1-5-9(2)13-6-7-15-11(4)8-10(3)14-12(15)16/h8-9,13H,5-7H2,1-4H3. The summed E-state index contributed by atoms with van der Waals surface area (Å²) >= 11 is 0. The summed E-state index contributed by atoms with van der Waals surface area (Å²) in [6, 6.07) is 2.43. The molecule has 0 radical (unpaired) electrons. The molecule has 0 saturated carbocycles. The van der Waals surface area contributed by atoms with Crippen LogP contribution in [-0.2, 0) is 6.54 Å². The molecule has 0 spiro atoms. The van der Waals surface area contributed by atoms with Crippen molar-refractivity contribution in [3.8, 4) is 0 Å². The van der Waals surface area contributed by atoms with E-state index >= 15 is 0 Å². The molecule has 0 aliphatic heterocycles. The maximum absolute atomic E-state index is 11.6. The fraction of sp³-hybridized carbons (Fsp3) is 0.667. The Hall–Kier alpha value is -1.16. The van der Waals surface area contributed by atoms with Crippen LogP contribution in [0.3, 0.4) is 0 Å². The molecule has 0 amide bonds. The highest BCUT2D eigenvalue weighted by Gasteiger charge is 2.03. The number of rotatable bonds is 5. The molecule has 1 heterocycles. The summed E-state index contributed by atoms with van der Waals surface area (Å²) in [6.45, 7) is 9.56. The molecular formula is C12H21N3O. The molecule has 1 aromatic rings.